The van der Waals surface area contributed by atoms with E-state index in [1.165, 1.54) is 0 Å². The Labute approximate surface area is 84.4 Å². The highest BCUT2D eigenvalue weighted by Crippen LogP contribution is 2.34. The molecule has 0 bridgehead atoms. The lowest BCUT2D eigenvalue weighted by Gasteiger charge is -2.15. The second-order valence-electron chi connectivity index (χ2n) is 4.60. The molecule has 2 atom stereocenters. The van der Waals surface area contributed by atoms with Gasteiger partial charge in [0.1, 0.15) is 0 Å². The Morgan fingerprint density at radius 1 is 1.57 bits per heavy atom. The predicted octanol–water partition coefficient (Wildman–Crippen LogP) is 0.0320. The van der Waals surface area contributed by atoms with Crippen LogP contribution in [-0.2, 0) is 9.53 Å². The maximum atomic E-state index is 11.7. The number of hydrogen-bond donors (Lipinski definition) is 2. The number of ether oxygens (including phenoxy) is 1. The summed E-state index contributed by atoms with van der Waals surface area (Å²) in [6.45, 7) is 2.87. The summed E-state index contributed by atoms with van der Waals surface area (Å²) in [6, 6.07) is -0.0580. The van der Waals surface area contributed by atoms with E-state index in [-0.39, 0.29) is 23.6 Å². The van der Waals surface area contributed by atoms with Gasteiger partial charge < -0.3 is 15.4 Å². The lowest BCUT2D eigenvalue weighted by Crippen LogP contribution is -2.45. The van der Waals surface area contributed by atoms with Gasteiger partial charge in [-0.15, -0.1) is 0 Å². The predicted molar refractivity (Wildman–Crippen MR) is 53.0 cm³/mol. The molecule has 1 saturated carbocycles. The van der Waals surface area contributed by atoms with Crippen molar-refractivity contribution in [2.24, 2.45) is 0 Å². The van der Waals surface area contributed by atoms with Crippen LogP contribution in [0.1, 0.15) is 26.2 Å². The summed E-state index contributed by atoms with van der Waals surface area (Å²) in [7, 11) is 1.69. The molecule has 1 heterocycles. The fourth-order valence-electron chi connectivity index (χ4n) is 1.78. The van der Waals surface area contributed by atoms with Gasteiger partial charge in [-0.05, 0) is 26.2 Å². The molecule has 2 N–H and O–H groups in total. The van der Waals surface area contributed by atoms with E-state index in [0.29, 0.717) is 0 Å². The zero-order valence-corrected chi connectivity index (χ0v) is 8.80. The van der Waals surface area contributed by atoms with Crippen molar-refractivity contribution in [3.8, 4) is 0 Å². The van der Waals surface area contributed by atoms with Crippen LogP contribution in [0.5, 0.6) is 0 Å². The van der Waals surface area contributed by atoms with E-state index in [9.17, 15) is 4.79 Å². The van der Waals surface area contributed by atoms with Crippen molar-refractivity contribution < 1.29 is 9.53 Å². The zero-order chi connectivity index (χ0) is 10.2. The molecule has 2 rings (SSSR count). The minimum absolute atomic E-state index is 0.0580. The molecule has 0 aromatic rings. The van der Waals surface area contributed by atoms with Gasteiger partial charge in [-0.2, -0.15) is 0 Å². The Balaban J connectivity index is 1.81. The average molecular weight is 198 g/mol. The monoisotopic (exact) mass is 198 g/mol. The fourth-order valence-corrected chi connectivity index (χ4v) is 1.78. The van der Waals surface area contributed by atoms with Crippen LogP contribution in [0.3, 0.4) is 0 Å². The Morgan fingerprint density at radius 2 is 2.29 bits per heavy atom. The molecule has 0 aromatic heterocycles. The van der Waals surface area contributed by atoms with Gasteiger partial charge in [-0.3, -0.25) is 4.79 Å². The molecule has 1 amide bonds. The molecule has 14 heavy (non-hydrogen) atoms. The standard InChI is InChI=1S/C10H18N2O2/c1-10(3-4-10)12-9(13)8-5-7(14-2)6-11-8/h7-8,11H,3-6H2,1-2H3,(H,12,13). The van der Waals surface area contributed by atoms with E-state index in [1.807, 2.05) is 0 Å². The molecule has 80 valence electrons. The summed E-state index contributed by atoms with van der Waals surface area (Å²) >= 11 is 0. The molecular formula is C10H18N2O2. The van der Waals surface area contributed by atoms with Crippen molar-refractivity contribution in [1.82, 2.24) is 10.6 Å². The number of methoxy groups -OCH3 is 1. The second kappa shape index (κ2) is 3.51. The molecule has 1 aliphatic carbocycles. The van der Waals surface area contributed by atoms with Crippen LogP contribution >= 0.6 is 0 Å². The molecule has 1 saturated heterocycles. The van der Waals surface area contributed by atoms with Crippen molar-refractivity contribution in [3.63, 3.8) is 0 Å². The molecule has 0 spiro atoms. The first kappa shape index (κ1) is 9.93. The Hall–Kier alpha value is -0.610. The van der Waals surface area contributed by atoms with Gasteiger partial charge in [0.25, 0.3) is 0 Å². The zero-order valence-electron chi connectivity index (χ0n) is 8.80. The lowest BCUT2D eigenvalue weighted by atomic mass is 10.1. The lowest BCUT2D eigenvalue weighted by molar-refractivity contribution is -0.123. The summed E-state index contributed by atoms with van der Waals surface area (Å²) in [5.74, 6) is 0.129. The highest BCUT2D eigenvalue weighted by molar-refractivity contribution is 5.83. The third-order valence-corrected chi connectivity index (χ3v) is 3.17. The van der Waals surface area contributed by atoms with Crippen LogP contribution in [0.15, 0.2) is 0 Å². The minimum Gasteiger partial charge on any atom is -0.380 e. The summed E-state index contributed by atoms with van der Waals surface area (Å²) in [4.78, 5) is 11.7. The van der Waals surface area contributed by atoms with E-state index < -0.39 is 0 Å². The van der Waals surface area contributed by atoms with Crippen molar-refractivity contribution in [2.45, 2.75) is 43.9 Å². The normalized spacial score (nSPS) is 34.1. The molecule has 2 fully saturated rings. The second-order valence-corrected chi connectivity index (χ2v) is 4.60. The molecule has 1 aliphatic heterocycles. The summed E-state index contributed by atoms with van der Waals surface area (Å²) in [5, 5.41) is 6.23. The topological polar surface area (TPSA) is 50.4 Å². The van der Waals surface area contributed by atoms with Crippen molar-refractivity contribution >= 4 is 5.91 Å². The van der Waals surface area contributed by atoms with Gasteiger partial charge in [0.05, 0.1) is 12.1 Å². The highest BCUT2D eigenvalue weighted by atomic mass is 16.5. The SMILES string of the molecule is COC1CNC(C(=O)NC2(C)CC2)C1. The summed E-state index contributed by atoms with van der Waals surface area (Å²) in [6.07, 6.45) is 3.20. The number of rotatable bonds is 3. The maximum absolute atomic E-state index is 11.7. The Kier molecular flexibility index (Phi) is 2.49. The number of hydrogen-bond acceptors (Lipinski definition) is 3. The first-order chi connectivity index (χ1) is 6.63. The number of carbonyl (C=O) groups is 1. The average Bonchev–Trinajstić information content (AvgIpc) is 2.71. The molecule has 2 aliphatic rings. The molecule has 4 nitrogen and oxygen atoms in total. The third-order valence-electron chi connectivity index (χ3n) is 3.17. The number of carbonyl (C=O) groups excluding carboxylic acids is 1. The highest BCUT2D eigenvalue weighted by Gasteiger charge is 2.41. The maximum Gasteiger partial charge on any atom is 0.237 e. The van der Waals surface area contributed by atoms with Crippen LogP contribution in [0.2, 0.25) is 0 Å². The quantitative estimate of drug-likeness (QED) is 0.673. The van der Waals surface area contributed by atoms with Crippen LogP contribution in [-0.4, -0.2) is 37.2 Å². The molecule has 0 radical (unpaired) electrons. The van der Waals surface area contributed by atoms with E-state index in [0.717, 1.165) is 25.8 Å². The van der Waals surface area contributed by atoms with Crippen LogP contribution < -0.4 is 10.6 Å². The van der Waals surface area contributed by atoms with E-state index in [4.69, 9.17) is 4.74 Å². The van der Waals surface area contributed by atoms with Gasteiger partial charge in [0.2, 0.25) is 5.91 Å². The smallest absolute Gasteiger partial charge is 0.237 e. The molecular weight excluding hydrogens is 180 g/mol. The molecule has 2 unspecified atom stereocenters. The van der Waals surface area contributed by atoms with E-state index in [1.54, 1.807) is 7.11 Å². The molecule has 4 heteroatoms. The molecule has 0 aromatic carbocycles. The Morgan fingerprint density at radius 3 is 2.79 bits per heavy atom. The van der Waals surface area contributed by atoms with Gasteiger partial charge in [-0.25, -0.2) is 0 Å². The minimum atomic E-state index is -0.0580. The van der Waals surface area contributed by atoms with Crippen molar-refractivity contribution in [3.05, 3.63) is 0 Å². The third kappa shape index (κ3) is 2.07. The van der Waals surface area contributed by atoms with E-state index >= 15 is 0 Å². The van der Waals surface area contributed by atoms with Crippen molar-refractivity contribution in [1.29, 1.82) is 0 Å². The fraction of sp³-hybridized carbons (Fsp3) is 0.900. The van der Waals surface area contributed by atoms with Crippen molar-refractivity contribution in [2.75, 3.05) is 13.7 Å². The van der Waals surface area contributed by atoms with E-state index in [2.05, 4.69) is 17.6 Å². The van der Waals surface area contributed by atoms with Crippen LogP contribution in [0.25, 0.3) is 0 Å². The van der Waals surface area contributed by atoms with Gasteiger partial charge in [0.15, 0.2) is 0 Å². The van der Waals surface area contributed by atoms with Crippen LogP contribution in [0, 0.1) is 0 Å². The first-order valence-corrected chi connectivity index (χ1v) is 5.21. The Bertz CT molecular complexity index is 238. The largest absolute Gasteiger partial charge is 0.380 e. The number of nitrogens with one attached hydrogen (secondary N) is 2. The summed E-state index contributed by atoms with van der Waals surface area (Å²) < 4.78 is 5.19. The first-order valence-electron chi connectivity index (χ1n) is 5.21. The van der Waals surface area contributed by atoms with Gasteiger partial charge in [0, 0.05) is 19.2 Å². The summed E-state index contributed by atoms with van der Waals surface area (Å²) in [5.41, 5.74) is 0.0872. The van der Waals surface area contributed by atoms with Gasteiger partial charge in [-0.1, -0.05) is 0 Å². The number of amides is 1. The van der Waals surface area contributed by atoms with Gasteiger partial charge >= 0.3 is 0 Å². The van der Waals surface area contributed by atoms with Crippen LogP contribution in [0.4, 0.5) is 0 Å².